The Morgan fingerprint density at radius 2 is 1.94 bits per heavy atom. The number of nitrogens with zero attached hydrogens (tertiary/aromatic N) is 3. The summed E-state index contributed by atoms with van der Waals surface area (Å²) in [5, 5.41) is 0. The Labute approximate surface area is 187 Å². The summed E-state index contributed by atoms with van der Waals surface area (Å²) in [6.07, 6.45) is 1.17. The van der Waals surface area contributed by atoms with Gasteiger partial charge in [0.25, 0.3) is 5.91 Å². The van der Waals surface area contributed by atoms with Gasteiger partial charge in [-0.25, -0.2) is 4.98 Å². The minimum absolute atomic E-state index is 0.0595. The zero-order valence-corrected chi connectivity index (χ0v) is 18.5. The first-order valence-corrected chi connectivity index (χ1v) is 11.2. The second-order valence-electron chi connectivity index (χ2n) is 8.85. The quantitative estimate of drug-likeness (QED) is 0.690. The van der Waals surface area contributed by atoms with Gasteiger partial charge in [0, 0.05) is 26.1 Å². The molecule has 3 heterocycles. The number of aromatic nitrogens is 2. The number of rotatable bonds is 3. The highest BCUT2D eigenvalue weighted by Gasteiger charge is 2.42. The van der Waals surface area contributed by atoms with Crippen molar-refractivity contribution < 1.29 is 14.3 Å². The molecule has 7 heteroatoms. The number of nitrogens with one attached hydrogen (secondary N) is 1. The number of aromatic amines is 1. The predicted octanol–water partition coefficient (Wildman–Crippen LogP) is 3.18. The van der Waals surface area contributed by atoms with Crippen molar-refractivity contribution >= 4 is 22.8 Å². The Balaban J connectivity index is 1.38. The van der Waals surface area contributed by atoms with Crippen LogP contribution in [0.2, 0.25) is 0 Å². The summed E-state index contributed by atoms with van der Waals surface area (Å²) >= 11 is 0. The third-order valence-corrected chi connectivity index (χ3v) is 6.67. The Hall–Kier alpha value is -3.19. The molecule has 2 saturated heterocycles. The number of carbonyl (C=O) groups is 2. The summed E-state index contributed by atoms with van der Waals surface area (Å²) in [4.78, 5) is 37.7. The predicted molar refractivity (Wildman–Crippen MR) is 121 cm³/mol. The van der Waals surface area contributed by atoms with Crippen LogP contribution in [0.15, 0.2) is 48.5 Å². The number of hydrogen-bond donors (Lipinski definition) is 1. The lowest BCUT2D eigenvalue weighted by atomic mass is 9.93. The van der Waals surface area contributed by atoms with Gasteiger partial charge in [-0.1, -0.05) is 42.0 Å². The van der Waals surface area contributed by atoms with Crippen LogP contribution in [0, 0.1) is 6.92 Å². The van der Waals surface area contributed by atoms with E-state index in [1.165, 1.54) is 0 Å². The van der Waals surface area contributed by atoms with Crippen LogP contribution in [-0.4, -0.2) is 64.4 Å². The number of piperidine rings is 1. The van der Waals surface area contributed by atoms with Crippen LogP contribution in [0.4, 0.5) is 0 Å². The molecule has 3 atom stereocenters. The fourth-order valence-corrected chi connectivity index (χ4v) is 4.83. The molecule has 1 N–H and O–H groups in total. The molecule has 3 unspecified atom stereocenters. The number of ether oxygens (including phenoxy) is 1. The maximum atomic E-state index is 13.6. The molecule has 7 nitrogen and oxygen atoms in total. The maximum absolute atomic E-state index is 13.6. The second kappa shape index (κ2) is 8.39. The molecule has 166 valence electrons. The van der Waals surface area contributed by atoms with Crippen molar-refractivity contribution in [2.75, 3.05) is 26.7 Å². The van der Waals surface area contributed by atoms with Crippen molar-refractivity contribution in [2.24, 2.45) is 0 Å². The molecule has 1 aromatic heterocycles. The van der Waals surface area contributed by atoms with E-state index in [0.29, 0.717) is 13.1 Å². The number of fused-ring (bicyclic) bond motifs is 1. The van der Waals surface area contributed by atoms with Crippen molar-refractivity contribution in [3.8, 4) is 0 Å². The van der Waals surface area contributed by atoms with Gasteiger partial charge in [-0.3, -0.25) is 9.59 Å². The highest BCUT2D eigenvalue weighted by atomic mass is 16.5. The van der Waals surface area contributed by atoms with Gasteiger partial charge in [-0.05, 0) is 37.5 Å². The van der Waals surface area contributed by atoms with Gasteiger partial charge in [0.15, 0.2) is 6.10 Å². The number of likely N-dealkylation sites (tertiary alicyclic amines) is 1. The van der Waals surface area contributed by atoms with Crippen molar-refractivity contribution in [3.63, 3.8) is 0 Å². The molecule has 0 spiro atoms. The number of imidazole rings is 1. The fraction of sp³-hybridized carbons (Fsp3) is 0.400. The summed E-state index contributed by atoms with van der Waals surface area (Å²) in [5.41, 5.74) is 4.00. The van der Waals surface area contributed by atoms with Crippen molar-refractivity contribution in [2.45, 2.75) is 37.8 Å². The summed E-state index contributed by atoms with van der Waals surface area (Å²) < 4.78 is 5.86. The molecule has 32 heavy (non-hydrogen) atoms. The number of carbonyl (C=O) groups excluding carboxylic acids is 2. The molecular formula is C25H28N4O3. The van der Waals surface area contributed by atoms with Crippen LogP contribution < -0.4 is 0 Å². The molecular weight excluding hydrogens is 404 g/mol. The van der Waals surface area contributed by atoms with Gasteiger partial charge in [0.2, 0.25) is 5.91 Å². The zero-order valence-electron chi connectivity index (χ0n) is 18.5. The van der Waals surface area contributed by atoms with Crippen LogP contribution >= 0.6 is 0 Å². The molecule has 2 amide bonds. The first kappa shape index (κ1) is 20.7. The monoisotopic (exact) mass is 432 g/mol. The number of benzene rings is 2. The van der Waals surface area contributed by atoms with E-state index in [9.17, 15) is 9.59 Å². The van der Waals surface area contributed by atoms with E-state index in [2.05, 4.69) is 4.98 Å². The van der Waals surface area contributed by atoms with Crippen molar-refractivity contribution in [1.82, 2.24) is 19.8 Å². The van der Waals surface area contributed by atoms with Crippen LogP contribution in [0.1, 0.15) is 41.8 Å². The lowest BCUT2D eigenvalue weighted by Crippen LogP contribution is -2.55. The normalized spacial score (nSPS) is 24.2. The third-order valence-electron chi connectivity index (χ3n) is 6.67. The van der Waals surface area contributed by atoms with Crippen LogP contribution in [-0.2, 0) is 14.3 Å². The number of para-hydroxylation sites is 2. The molecule has 0 saturated carbocycles. The highest BCUT2D eigenvalue weighted by Crippen LogP contribution is 2.33. The molecule has 5 rings (SSSR count). The van der Waals surface area contributed by atoms with Gasteiger partial charge in [0.1, 0.15) is 12.4 Å². The van der Waals surface area contributed by atoms with Gasteiger partial charge < -0.3 is 19.5 Å². The van der Waals surface area contributed by atoms with Gasteiger partial charge in [0.05, 0.1) is 17.1 Å². The van der Waals surface area contributed by atoms with Crippen molar-refractivity contribution in [3.05, 3.63) is 65.5 Å². The Kier molecular flexibility index (Phi) is 5.43. The van der Waals surface area contributed by atoms with E-state index in [1.54, 1.807) is 11.9 Å². The molecule has 2 aliphatic rings. The first-order valence-electron chi connectivity index (χ1n) is 11.2. The molecule has 0 bridgehead atoms. The van der Waals surface area contributed by atoms with E-state index < -0.39 is 12.1 Å². The van der Waals surface area contributed by atoms with Gasteiger partial charge >= 0.3 is 0 Å². The van der Waals surface area contributed by atoms with Crippen LogP contribution in [0.5, 0.6) is 0 Å². The van der Waals surface area contributed by atoms with E-state index >= 15 is 0 Å². The van der Waals surface area contributed by atoms with Crippen LogP contribution in [0.25, 0.3) is 11.0 Å². The molecule has 2 fully saturated rings. The number of hydrogen-bond acceptors (Lipinski definition) is 4. The third kappa shape index (κ3) is 3.77. The average Bonchev–Trinajstić information content (AvgIpc) is 3.26. The topological polar surface area (TPSA) is 78.5 Å². The summed E-state index contributed by atoms with van der Waals surface area (Å²) in [7, 11) is 1.75. The number of aryl methyl sites for hydroxylation is 1. The zero-order chi connectivity index (χ0) is 22.2. The second-order valence-corrected chi connectivity index (χ2v) is 8.85. The van der Waals surface area contributed by atoms with E-state index in [0.717, 1.165) is 40.8 Å². The lowest BCUT2D eigenvalue weighted by molar-refractivity contribution is -0.168. The van der Waals surface area contributed by atoms with Crippen LogP contribution in [0.3, 0.4) is 0 Å². The molecule has 0 radical (unpaired) electrons. The van der Waals surface area contributed by atoms with Gasteiger partial charge in [-0.2, -0.15) is 0 Å². The Morgan fingerprint density at radius 1 is 1.16 bits per heavy atom. The average molecular weight is 433 g/mol. The van der Waals surface area contributed by atoms with E-state index in [-0.39, 0.29) is 24.3 Å². The Morgan fingerprint density at radius 3 is 2.72 bits per heavy atom. The minimum Gasteiger partial charge on any atom is -0.356 e. The number of likely N-dealkylation sites (N-methyl/N-ethyl adjacent to an activating group) is 1. The molecule has 0 aliphatic carbocycles. The fourth-order valence-electron chi connectivity index (χ4n) is 4.83. The SMILES string of the molecule is Cc1ccc(C2C(C(=O)N3CCCC(c4nc5ccccc5[nH]4)C3)OCC(=O)N2C)cc1. The van der Waals surface area contributed by atoms with Gasteiger partial charge in [-0.15, -0.1) is 0 Å². The molecule has 2 aromatic carbocycles. The summed E-state index contributed by atoms with van der Waals surface area (Å²) in [6, 6.07) is 15.5. The lowest BCUT2D eigenvalue weighted by Gasteiger charge is -2.41. The minimum atomic E-state index is -0.713. The largest absolute Gasteiger partial charge is 0.356 e. The van der Waals surface area contributed by atoms with E-state index in [1.807, 2.05) is 60.4 Å². The maximum Gasteiger partial charge on any atom is 0.254 e. The molecule has 2 aliphatic heterocycles. The Bertz CT molecular complexity index is 1110. The van der Waals surface area contributed by atoms with E-state index in [4.69, 9.17) is 9.72 Å². The first-order chi connectivity index (χ1) is 15.5. The summed E-state index contributed by atoms with van der Waals surface area (Å²) in [5.74, 6) is 0.908. The number of amides is 2. The number of morpholine rings is 1. The number of H-pyrrole nitrogens is 1. The van der Waals surface area contributed by atoms with Crippen molar-refractivity contribution in [1.29, 1.82) is 0 Å². The smallest absolute Gasteiger partial charge is 0.254 e. The highest BCUT2D eigenvalue weighted by molar-refractivity contribution is 5.86. The standard InChI is InChI=1S/C25H28N4O3/c1-16-9-11-17(12-10-16)22-23(32-15-21(30)28(22)2)25(31)29-13-5-6-18(14-29)24-26-19-7-3-4-8-20(19)27-24/h3-4,7-12,18,22-23H,5-6,13-15H2,1-2H3,(H,26,27). The summed E-state index contributed by atoms with van der Waals surface area (Å²) in [6.45, 7) is 3.23. The molecule has 3 aromatic rings.